The molecule has 1 amide bonds. The molecule has 3 heterocycles. The van der Waals surface area contributed by atoms with Gasteiger partial charge in [0.2, 0.25) is 12.7 Å². The Morgan fingerprint density at radius 2 is 2.19 bits per heavy atom. The molecule has 0 aliphatic carbocycles. The molecule has 2 aromatic rings. The van der Waals surface area contributed by atoms with Crippen molar-refractivity contribution < 1.29 is 22.7 Å². The number of nitrogens with one attached hydrogen (secondary N) is 2. The topological polar surface area (TPSA) is 114 Å². The molecule has 0 saturated carbocycles. The lowest BCUT2D eigenvalue weighted by atomic mass is 9.98. The summed E-state index contributed by atoms with van der Waals surface area (Å²) >= 11 is 0. The van der Waals surface area contributed by atoms with Crippen molar-refractivity contribution in [3.63, 3.8) is 0 Å². The third kappa shape index (κ3) is 3.62. The fourth-order valence-electron chi connectivity index (χ4n) is 3.28. The molecule has 144 valence electrons. The number of sulfonamides is 1. The number of hydrogen-bond acceptors (Lipinski definition) is 6. The summed E-state index contributed by atoms with van der Waals surface area (Å²) in [5.41, 5.74) is 0.894. The van der Waals surface area contributed by atoms with Crippen LogP contribution in [0, 0.1) is 5.92 Å². The number of nitrogens with zero attached hydrogens (tertiary/aromatic N) is 2. The van der Waals surface area contributed by atoms with E-state index in [0.717, 1.165) is 5.56 Å². The van der Waals surface area contributed by atoms with Gasteiger partial charge in [-0.1, -0.05) is 6.07 Å². The van der Waals surface area contributed by atoms with E-state index in [4.69, 9.17) is 9.47 Å². The molecule has 2 aliphatic rings. The molecule has 9 nitrogen and oxygen atoms in total. The number of carbonyl (C=O) groups excluding carboxylic acids is 1. The number of carbonyl (C=O) groups is 1. The van der Waals surface area contributed by atoms with Crippen LogP contribution in [0.3, 0.4) is 0 Å². The number of H-pyrrole nitrogens is 1. The predicted molar refractivity (Wildman–Crippen MR) is 94.5 cm³/mol. The van der Waals surface area contributed by atoms with Crippen LogP contribution >= 0.6 is 0 Å². The Morgan fingerprint density at radius 3 is 3.00 bits per heavy atom. The number of aromatic nitrogens is 2. The Hall–Kier alpha value is -2.59. The van der Waals surface area contributed by atoms with Crippen molar-refractivity contribution in [2.24, 2.45) is 5.92 Å². The van der Waals surface area contributed by atoms with E-state index in [0.29, 0.717) is 37.4 Å². The summed E-state index contributed by atoms with van der Waals surface area (Å²) in [6.07, 6.45) is 3.89. The molecule has 27 heavy (non-hydrogen) atoms. The number of rotatable bonds is 5. The van der Waals surface area contributed by atoms with E-state index in [-0.39, 0.29) is 30.2 Å². The zero-order chi connectivity index (χ0) is 18.9. The third-order valence-corrected chi connectivity index (χ3v) is 6.54. The van der Waals surface area contributed by atoms with E-state index in [1.807, 2.05) is 18.2 Å². The molecule has 1 aromatic carbocycles. The van der Waals surface area contributed by atoms with Gasteiger partial charge in [-0.3, -0.25) is 4.79 Å². The lowest BCUT2D eigenvalue weighted by Crippen LogP contribution is -2.45. The predicted octanol–water partition coefficient (Wildman–Crippen LogP) is 0.855. The van der Waals surface area contributed by atoms with Crippen molar-refractivity contribution >= 4 is 15.9 Å². The van der Waals surface area contributed by atoms with E-state index >= 15 is 0 Å². The van der Waals surface area contributed by atoms with Gasteiger partial charge in [-0.05, 0) is 30.5 Å². The number of amides is 1. The summed E-state index contributed by atoms with van der Waals surface area (Å²) in [5, 5.41) is 2.93. The van der Waals surface area contributed by atoms with Crippen LogP contribution < -0.4 is 14.8 Å². The molecular weight excluding hydrogens is 372 g/mol. The second-order valence-electron chi connectivity index (χ2n) is 6.52. The Labute approximate surface area is 156 Å². The Bertz CT molecular complexity index is 929. The number of piperidine rings is 1. The molecule has 4 rings (SSSR count). The molecule has 10 heteroatoms. The maximum Gasteiger partial charge on any atom is 0.260 e. The van der Waals surface area contributed by atoms with Crippen LogP contribution in [0.5, 0.6) is 11.5 Å². The highest BCUT2D eigenvalue weighted by Crippen LogP contribution is 2.32. The highest BCUT2D eigenvalue weighted by molar-refractivity contribution is 7.89. The van der Waals surface area contributed by atoms with Gasteiger partial charge < -0.3 is 19.8 Å². The number of fused-ring (bicyclic) bond motifs is 1. The fourth-order valence-corrected chi connectivity index (χ4v) is 4.70. The molecule has 0 spiro atoms. The Morgan fingerprint density at radius 1 is 1.33 bits per heavy atom. The molecule has 2 N–H and O–H groups in total. The van der Waals surface area contributed by atoms with Crippen molar-refractivity contribution in [1.82, 2.24) is 19.6 Å². The maximum absolute atomic E-state index is 12.6. The van der Waals surface area contributed by atoms with Crippen LogP contribution in [0.2, 0.25) is 0 Å². The number of hydrogen-bond donors (Lipinski definition) is 2. The molecule has 1 atom stereocenters. The molecule has 0 radical (unpaired) electrons. The van der Waals surface area contributed by atoms with Gasteiger partial charge in [0.1, 0.15) is 0 Å². The van der Waals surface area contributed by atoms with Gasteiger partial charge in [0.25, 0.3) is 10.0 Å². The van der Waals surface area contributed by atoms with Crippen LogP contribution in [-0.2, 0) is 21.4 Å². The molecule has 2 aliphatic heterocycles. The van der Waals surface area contributed by atoms with Gasteiger partial charge in [-0.2, -0.15) is 4.31 Å². The SMILES string of the molecule is O=C(NCc1ccc2c(c1)OCO2)[C@@H]1CCCN(S(=O)(=O)c2cnc[nH]2)C1. The minimum Gasteiger partial charge on any atom is -0.454 e. The number of ether oxygens (including phenoxy) is 2. The smallest absolute Gasteiger partial charge is 0.260 e. The Balaban J connectivity index is 1.37. The van der Waals surface area contributed by atoms with E-state index in [9.17, 15) is 13.2 Å². The molecular formula is C17H20N4O5S. The molecule has 0 unspecified atom stereocenters. The zero-order valence-electron chi connectivity index (χ0n) is 14.6. The highest BCUT2D eigenvalue weighted by atomic mass is 32.2. The first kappa shape index (κ1) is 17.8. The summed E-state index contributed by atoms with van der Waals surface area (Å²) in [6.45, 7) is 1.11. The first-order chi connectivity index (χ1) is 13.0. The number of benzene rings is 1. The third-order valence-electron chi connectivity index (χ3n) is 4.75. The maximum atomic E-state index is 12.6. The van der Waals surface area contributed by atoms with Crippen LogP contribution in [0.25, 0.3) is 0 Å². The van der Waals surface area contributed by atoms with Crippen molar-refractivity contribution in [2.45, 2.75) is 24.4 Å². The van der Waals surface area contributed by atoms with E-state index < -0.39 is 10.0 Å². The summed E-state index contributed by atoms with van der Waals surface area (Å²) < 4.78 is 37.1. The number of imidazole rings is 1. The minimum absolute atomic E-state index is 0.0453. The standard InChI is InChI=1S/C17H20N4O5S/c22-17(19-7-12-3-4-14-15(6-12)26-11-25-14)13-2-1-5-21(9-13)27(23,24)16-8-18-10-20-16/h3-4,6,8,10,13H,1-2,5,7,9,11H2,(H,18,20)(H,19,22)/t13-/m1/s1. The van der Waals surface area contributed by atoms with Gasteiger partial charge >= 0.3 is 0 Å². The highest BCUT2D eigenvalue weighted by Gasteiger charge is 2.33. The second-order valence-corrected chi connectivity index (χ2v) is 8.43. The zero-order valence-corrected chi connectivity index (χ0v) is 15.4. The first-order valence-corrected chi connectivity index (χ1v) is 10.1. The first-order valence-electron chi connectivity index (χ1n) is 8.69. The van der Waals surface area contributed by atoms with Crippen LogP contribution in [0.4, 0.5) is 0 Å². The molecule has 1 aromatic heterocycles. The summed E-state index contributed by atoms with van der Waals surface area (Å²) in [4.78, 5) is 18.9. The normalized spacial score (nSPS) is 19.8. The van der Waals surface area contributed by atoms with E-state index in [1.54, 1.807) is 0 Å². The number of aromatic amines is 1. The fraction of sp³-hybridized carbons (Fsp3) is 0.412. The van der Waals surface area contributed by atoms with Crippen LogP contribution in [-0.4, -0.2) is 48.5 Å². The largest absolute Gasteiger partial charge is 0.454 e. The van der Waals surface area contributed by atoms with E-state index in [2.05, 4.69) is 15.3 Å². The average Bonchev–Trinajstić information content (AvgIpc) is 3.37. The molecule has 0 bridgehead atoms. The van der Waals surface area contributed by atoms with Gasteiger partial charge in [-0.15, -0.1) is 0 Å². The monoisotopic (exact) mass is 392 g/mol. The van der Waals surface area contributed by atoms with Gasteiger partial charge in [-0.25, -0.2) is 13.4 Å². The van der Waals surface area contributed by atoms with Crippen LogP contribution in [0.15, 0.2) is 35.7 Å². The molecule has 1 fully saturated rings. The van der Waals surface area contributed by atoms with Crippen molar-refractivity contribution in [3.8, 4) is 11.5 Å². The quantitative estimate of drug-likeness (QED) is 0.780. The van der Waals surface area contributed by atoms with Gasteiger partial charge in [0, 0.05) is 19.6 Å². The van der Waals surface area contributed by atoms with Gasteiger partial charge in [0.05, 0.1) is 18.4 Å². The Kier molecular flexibility index (Phi) is 4.75. The molecule has 1 saturated heterocycles. The summed E-state index contributed by atoms with van der Waals surface area (Å²) in [5.74, 6) is 0.816. The summed E-state index contributed by atoms with van der Waals surface area (Å²) in [6, 6.07) is 5.51. The summed E-state index contributed by atoms with van der Waals surface area (Å²) in [7, 11) is -3.65. The lowest BCUT2D eigenvalue weighted by molar-refractivity contribution is -0.126. The lowest BCUT2D eigenvalue weighted by Gasteiger charge is -2.30. The average molecular weight is 392 g/mol. The van der Waals surface area contributed by atoms with Crippen molar-refractivity contribution in [2.75, 3.05) is 19.9 Å². The van der Waals surface area contributed by atoms with Crippen molar-refractivity contribution in [3.05, 3.63) is 36.3 Å². The van der Waals surface area contributed by atoms with Crippen molar-refractivity contribution in [1.29, 1.82) is 0 Å². The van der Waals surface area contributed by atoms with Gasteiger partial charge in [0.15, 0.2) is 16.5 Å². The second kappa shape index (κ2) is 7.20. The van der Waals surface area contributed by atoms with Crippen LogP contribution in [0.1, 0.15) is 18.4 Å². The minimum atomic E-state index is -3.65. The van der Waals surface area contributed by atoms with E-state index in [1.165, 1.54) is 16.8 Å².